The molecular formula is C15H24N2O2. The van der Waals surface area contributed by atoms with Crippen LogP contribution in [-0.2, 0) is 11.3 Å². The van der Waals surface area contributed by atoms with Gasteiger partial charge in [0.1, 0.15) is 0 Å². The van der Waals surface area contributed by atoms with Crippen molar-refractivity contribution in [2.24, 2.45) is 0 Å². The zero-order valence-electron chi connectivity index (χ0n) is 11.6. The van der Waals surface area contributed by atoms with Gasteiger partial charge in [-0.2, -0.15) is 0 Å². The molecule has 1 aliphatic rings. The van der Waals surface area contributed by atoms with Gasteiger partial charge in [0.15, 0.2) is 0 Å². The highest BCUT2D eigenvalue weighted by atomic mass is 16.5. The van der Waals surface area contributed by atoms with Crippen LogP contribution in [0.25, 0.3) is 0 Å². The maximum absolute atomic E-state index is 8.93. The first-order valence-corrected chi connectivity index (χ1v) is 7.06. The summed E-state index contributed by atoms with van der Waals surface area (Å²) in [5.41, 5.74) is 2.61. The van der Waals surface area contributed by atoms with E-state index in [-0.39, 0.29) is 6.61 Å². The Morgan fingerprint density at radius 1 is 1.32 bits per heavy atom. The van der Waals surface area contributed by atoms with Crippen LogP contribution in [0.1, 0.15) is 18.9 Å². The van der Waals surface area contributed by atoms with Crippen LogP contribution in [0.15, 0.2) is 24.3 Å². The van der Waals surface area contributed by atoms with Gasteiger partial charge in [-0.25, -0.2) is 0 Å². The molecule has 1 aliphatic heterocycles. The first-order chi connectivity index (χ1) is 9.31. The number of benzene rings is 1. The Labute approximate surface area is 115 Å². The van der Waals surface area contributed by atoms with E-state index < -0.39 is 0 Å². The van der Waals surface area contributed by atoms with Crippen molar-refractivity contribution in [1.82, 2.24) is 5.32 Å². The van der Waals surface area contributed by atoms with Crippen LogP contribution in [0.4, 0.5) is 5.69 Å². The molecule has 1 unspecified atom stereocenters. The van der Waals surface area contributed by atoms with E-state index in [0.717, 1.165) is 39.3 Å². The van der Waals surface area contributed by atoms with Gasteiger partial charge in [-0.15, -0.1) is 0 Å². The summed E-state index contributed by atoms with van der Waals surface area (Å²) in [6.07, 6.45) is 0.791. The molecule has 0 aliphatic carbocycles. The monoisotopic (exact) mass is 264 g/mol. The van der Waals surface area contributed by atoms with Crippen LogP contribution in [0.2, 0.25) is 0 Å². The van der Waals surface area contributed by atoms with E-state index in [0.29, 0.717) is 6.04 Å². The van der Waals surface area contributed by atoms with Gasteiger partial charge < -0.3 is 20.1 Å². The number of para-hydroxylation sites is 1. The molecule has 0 bridgehead atoms. The third kappa shape index (κ3) is 4.20. The molecule has 4 nitrogen and oxygen atoms in total. The number of ether oxygens (including phenoxy) is 1. The lowest BCUT2D eigenvalue weighted by atomic mass is 10.1. The Balaban J connectivity index is 1.99. The number of aliphatic hydroxyl groups is 1. The minimum Gasteiger partial charge on any atom is -0.396 e. The molecule has 0 saturated carbocycles. The van der Waals surface area contributed by atoms with Gasteiger partial charge in [0.05, 0.1) is 13.2 Å². The molecule has 1 aromatic rings. The van der Waals surface area contributed by atoms with Crippen molar-refractivity contribution in [3.8, 4) is 0 Å². The predicted octanol–water partition coefficient (Wildman–Crippen LogP) is 1.38. The second-order valence-corrected chi connectivity index (χ2v) is 5.02. The summed E-state index contributed by atoms with van der Waals surface area (Å²) in [6.45, 7) is 6.72. The molecule has 1 saturated heterocycles. The molecule has 19 heavy (non-hydrogen) atoms. The van der Waals surface area contributed by atoms with E-state index in [9.17, 15) is 0 Å². The number of anilines is 1. The normalized spacial score (nSPS) is 17.5. The SMILES string of the molecule is CC(CCO)NCc1ccccc1N1CCOCC1. The van der Waals surface area contributed by atoms with Crippen molar-refractivity contribution in [2.75, 3.05) is 37.8 Å². The minimum absolute atomic E-state index is 0.235. The number of nitrogens with zero attached hydrogens (tertiary/aromatic N) is 1. The highest BCUT2D eigenvalue weighted by Crippen LogP contribution is 2.21. The molecule has 0 amide bonds. The average Bonchev–Trinajstić information content (AvgIpc) is 2.47. The zero-order valence-corrected chi connectivity index (χ0v) is 11.6. The molecular weight excluding hydrogens is 240 g/mol. The van der Waals surface area contributed by atoms with Crippen LogP contribution < -0.4 is 10.2 Å². The molecule has 0 spiro atoms. The summed E-state index contributed by atoms with van der Waals surface area (Å²) in [5.74, 6) is 0. The number of hydrogen-bond donors (Lipinski definition) is 2. The fraction of sp³-hybridized carbons (Fsp3) is 0.600. The van der Waals surface area contributed by atoms with E-state index in [1.807, 2.05) is 0 Å². The van der Waals surface area contributed by atoms with E-state index in [4.69, 9.17) is 9.84 Å². The van der Waals surface area contributed by atoms with Crippen molar-refractivity contribution in [3.63, 3.8) is 0 Å². The number of aliphatic hydroxyl groups excluding tert-OH is 1. The van der Waals surface area contributed by atoms with Crippen molar-refractivity contribution >= 4 is 5.69 Å². The molecule has 0 radical (unpaired) electrons. The first-order valence-electron chi connectivity index (χ1n) is 7.06. The quantitative estimate of drug-likeness (QED) is 0.815. The summed E-state index contributed by atoms with van der Waals surface area (Å²) in [5, 5.41) is 12.4. The molecule has 106 valence electrons. The van der Waals surface area contributed by atoms with Crippen LogP contribution >= 0.6 is 0 Å². The van der Waals surface area contributed by atoms with E-state index in [1.54, 1.807) is 0 Å². The average molecular weight is 264 g/mol. The topological polar surface area (TPSA) is 44.7 Å². The highest BCUT2D eigenvalue weighted by molar-refractivity contribution is 5.53. The van der Waals surface area contributed by atoms with Gasteiger partial charge in [-0.05, 0) is 25.0 Å². The molecule has 0 aromatic heterocycles. The Bertz CT molecular complexity index is 378. The maximum atomic E-state index is 8.93. The molecule has 1 aromatic carbocycles. The molecule has 4 heteroatoms. The molecule has 2 N–H and O–H groups in total. The summed E-state index contributed by atoms with van der Waals surface area (Å²) in [6, 6.07) is 8.86. The van der Waals surface area contributed by atoms with Crippen molar-refractivity contribution in [1.29, 1.82) is 0 Å². The van der Waals surface area contributed by atoms with Gasteiger partial charge in [0.25, 0.3) is 0 Å². The third-order valence-electron chi connectivity index (χ3n) is 3.55. The Morgan fingerprint density at radius 3 is 2.79 bits per heavy atom. The van der Waals surface area contributed by atoms with Gasteiger partial charge >= 0.3 is 0 Å². The van der Waals surface area contributed by atoms with Gasteiger partial charge in [-0.1, -0.05) is 18.2 Å². The van der Waals surface area contributed by atoms with Crippen molar-refractivity contribution < 1.29 is 9.84 Å². The van der Waals surface area contributed by atoms with Crippen molar-refractivity contribution in [2.45, 2.75) is 25.9 Å². The van der Waals surface area contributed by atoms with Crippen LogP contribution in [0.5, 0.6) is 0 Å². The predicted molar refractivity (Wildman–Crippen MR) is 77.5 cm³/mol. The third-order valence-corrected chi connectivity index (χ3v) is 3.55. The van der Waals surface area contributed by atoms with E-state index in [2.05, 4.69) is 41.4 Å². The van der Waals surface area contributed by atoms with Gasteiger partial charge in [-0.3, -0.25) is 0 Å². The second kappa shape index (κ2) is 7.48. The first kappa shape index (κ1) is 14.3. The van der Waals surface area contributed by atoms with Crippen LogP contribution in [-0.4, -0.2) is 44.1 Å². The summed E-state index contributed by atoms with van der Waals surface area (Å²) >= 11 is 0. The number of rotatable bonds is 6. The maximum Gasteiger partial charge on any atom is 0.0642 e. The largest absolute Gasteiger partial charge is 0.396 e. The van der Waals surface area contributed by atoms with E-state index >= 15 is 0 Å². The minimum atomic E-state index is 0.235. The fourth-order valence-corrected chi connectivity index (χ4v) is 2.35. The van der Waals surface area contributed by atoms with Gasteiger partial charge in [0.2, 0.25) is 0 Å². The lowest BCUT2D eigenvalue weighted by molar-refractivity contribution is 0.122. The van der Waals surface area contributed by atoms with Gasteiger partial charge in [0, 0.05) is 38.0 Å². The summed E-state index contributed by atoms with van der Waals surface area (Å²) in [4.78, 5) is 2.39. The lowest BCUT2D eigenvalue weighted by Crippen LogP contribution is -2.37. The smallest absolute Gasteiger partial charge is 0.0642 e. The Kier molecular flexibility index (Phi) is 5.63. The van der Waals surface area contributed by atoms with Crippen LogP contribution in [0, 0.1) is 0 Å². The molecule has 1 heterocycles. The molecule has 1 atom stereocenters. The lowest BCUT2D eigenvalue weighted by Gasteiger charge is -2.31. The number of morpholine rings is 1. The summed E-state index contributed by atoms with van der Waals surface area (Å²) in [7, 11) is 0. The van der Waals surface area contributed by atoms with E-state index in [1.165, 1.54) is 11.3 Å². The summed E-state index contributed by atoms with van der Waals surface area (Å²) < 4.78 is 5.41. The second-order valence-electron chi connectivity index (χ2n) is 5.02. The fourth-order valence-electron chi connectivity index (χ4n) is 2.35. The highest BCUT2D eigenvalue weighted by Gasteiger charge is 2.14. The zero-order chi connectivity index (χ0) is 13.5. The Hall–Kier alpha value is -1.10. The number of hydrogen-bond acceptors (Lipinski definition) is 4. The van der Waals surface area contributed by atoms with Crippen LogP contribution in [0.3, 0.4) is 0 Å². The standard InChI is InChI=1S/C15H24N2O2/c1-13(6-9-18)16-12-14-4-2-3-5-15(14)17-7-10-19-11-8-17/h2-5,13,16,18H,6-12H2,1H3. The molecule has 1 fully saturated rings. The Morgan fingerprint density at radius 2 is 2.05 bits per heavy atom. The van der Waals surface area contributed by atoms with Crippen molar-refractivity contribution in [3.05, 3.63) is 29.8 Å². The number of nitrogens with one attached hydrogen (secondary N) is 1. The molecule has 2 rings (SSSR count).